The molecule has 0 fully saturated rings. The van der Waals surface area contributed by atoms with Crippen molar-refractivity contribution < 1.29 is 9.18 Å². The SMILES string of the molecule is O=C(NCC1c2ccccc2-c2cncn21)Nc1ccc(-c2ccncc2F)nc1. The molecule has 8 heteroatoms. The number of benzene rings is 1. The molecule has 30 heavy (non-hydrogen) atoms. The van der Waals surface area contributed by atoms with Crippen LogP contribution in [0.2, 0.25) is 0 Å². The Kier molecular flexibility index (Phi) is 4.44. The van der Waals surface area contributed by atoms with Gasteiger partial charge in [0, 0.05) is 23.9 Å². The molecule has 5 rings (SSSR count). The summed E-state index contributed by atoms with van der Waals surface area (Å²) in [5, 5.41) is 5.66. The van der Waals surface area contributed by atoms with Gasteiger partial charge in [0.2, 0.25) is 0 Å². The van der Waals surface area contributed by atoms with Crippen molar-refractivity contribution in [1.29, 1.82) is 0 Å². The quantitative estimate of drug-likeness (QED) is 0.545. The second-order valence-corrected chi connectivity index (χ2v) is 6.91. The number of hydrogen-bond donors (Lipinski definition) is 2. The van der Waals surface area contributed by atoms with Crippen LogP contribution in [0.4, 0.5) is 14.9 Å². The van der Waals surface area contributed by atoms with Crippen LogP contribution in [0.15, 0.2) is 73.6 Å². The van der Waals surface area contributed by atoms with Gasteiger partial charge in [-0.3, -0.25) is 9.97 Å². The molecule has 2 amide bonds. The molecule has 0 aliphatic carbocycles. The first-order chi connectivity index (χ1) is 14.7. The lowest BCUT2D eigenvalue weighted by Crippen LogP contribution is -2.33. The van der Waals surface area contributed by atoms with Crippen molar-refractivity contribution in [3.8, 4) is 22.5 Å². The minimum Gasteiger partial charge on any atom is -0.335 e. The number of rotatable bonds is 4. The number of carbonyl (C=O) groups excluding carboxylic acids is 1. The maximum Gasteiger partial charge on any atom is 0.319 e. The van der Waals surface area contributed by atoms with Gasteiger partial charge in [-0.2, -0.15) is 0 Å². The molecule has 4 heterocycles. The molecule has 0 saturated heterocycles. The Labute approximate surface area is 171 Å². The van der Waals surface area contributed by atoms with Crippen molar-refractivity contribution in [3.05, 3.63) is 85.0 Å². The van der Waals surface area contributed by atoms with E-state index >= 15 is 0 Å². The van der Waals surface area contributed by atoms with Crippen LogP contribution in [0, 0.1) is 5.82 Å². The number of carbonyl (C=O) groups is 1. The molecule has 0 saturated carbocycles. The van der Waals surface area contributed by atoms with Crippen LogP contribution < -0.4 is 10.6 Å². The van der Waals surface area contributed by atoms with Crippen molar-refractivity contribution in [1.82, 2.24) is 24.8 Å². The zero-order valence-electron chi connectivity index (χ0n) is 15.8. The molecule has 0 radical (unpaired) electrons. The van der Waals surface area contributed by atoms with Gasteiger partial charge in [-0.1, -0.05) is 24.3 Å². The Morgan fingerprint density at radius 3 is 2.77 bits per heavy atom. The number of amides is 2. The standard InChI is InChI=1S/C22H17FN6O/c23-18-10-24-8-7-17(18)19-6-5-14(9-26-19)28-22(30)27-12-21-16-4-2-1-3-15(16)20-11-25-13-29(20)21/h1-11,13,21H,12H2,(H2,27,28,30). The van der Waals surface area contributed by atoms with Gasteiger partial charge in [-0.05, 0) is 23.8 Å². The molecule has 1 aliphatic heterocycles. The molecule has 2 N–H and O–H groups in total. The van der Waals surface area contributed by atoms with Gasteiger partial charge in [0.1, 0.15) is 0 Å². The molecule has 1 atom stereocenters. The second kappa shape index (κ2) is 7.40. The summed E-state index contributed by atoms with van der Waals surface area (Å²) in [4.78, 5) is 24.6. The van der Waals surface area contributed by atoms with Gasteiger partial charge in [0.25, 0.3) is 0 Å². The highest BCUT2D eigenvalue weighted by Crippen LogP contribution is 2.38. The number of nitrogens with one attached hydrogen (secondary N) is 2. The van der Waals surface area contributed by atoms with Gasteiger partial charge in [-0.15, -0.1) is 0 Å². The summed E-state index contributed by atoms with van der Waals surface area (Å²) in [5.74, 6) is -0.445. The lowest BCUT2D eigenvalue weighted by atomic mass is 10.0. The third kappa shape index (κ3) is 3.18. The van der Waals surface area contributed by atoms with E-state index in [1.807, 2.05) is 18.3 Å². The van der Waals surface area contributed by atoms with Crippen molar-refractivity contribution in [2.24, 2.45) is 0 Å². The van der Waals surface area contributed by atoms with Gasteiger partial charge in [0.15, 0.2) is 5.82 Å². The summed E-state index contributed by atoms with van der Waals surface area (Å²) >= 11 is 0. The number of fused-ring (bicyclic) bond motifs is 3. The number of nitrogens with zero attached hydrogens (tertiary/aromatic N) is 4. The third-order valence-corrected chi connectivity index (χ3v) is 5.12. The molecule has 148 valence electrons. The first-order valence-corrected chi connectivity index (χ1v) is 9.42. The van der Waals surface area contributed by atoms with E-state index < -0.39 is 5.82 Å². The van der Waals surface area contributed by atoms with Crippen molar-refractivity contribution in [2.75, 3.05) is 11.9 Å². The summed E-state index contributed by atoms with van der Waals surface area (Å²) in [6.07, 6.45) is 7.75. The van der Waals surface area contributed by atoms with E-state index in [0.29, 0.717) is 23.5 Å². The minimum absolute atomic E-state index is 0.0142. The molecule has 0 bridgehead atoms. The Balaban J connectivity index is 1.25. The first kappa shape index (κ1) is 18.0. The number of pyridine rings is 2. The molecule has 1 aliphatic rings. The zero-order chi connectivity index (χ0) is 20.5. The minimum atomic E-state index is -0.445. The van der Waals surface area contributed by atoms with Crippen molar-refractivity contribution in [2.45, 2.75) is 6.04 Å². The summed E-state index contributed by atoms with van der Waals surface area (Å²) in [5.41, 5.74) is 4.67. The number of halogens is 1. The van der Waals surface area contributed by atoms with Gasteiger partial charge in [0.05, 0.1) is 48.0 Å². The molecular formula is C22H17FN6O. The van der Waals surface area contributed by atoms with Crippen molar-refractivity contribution >= 4 is 11.7 Å². The van der Waals surface area contributed by atoms with Crippen LogP contribution >= 0.6 is 0 Å². The Bertz CT molecular complexity index is 1220. The van der Waals surface area contributed by atoms with Gasteiger partial charge in [-0.25, -0.2) is 14.2 Å². The van der Waals surface area contributed by atoms with E-state index in [2.05, 4.69) is 42.3 Å². The predicted molar refractivity (Wildman–Crippen MR) is 110 cm³/mol. The number of imidazole rings is 1. The fourth-order valence-corrected chi connectivity index (χ4v) is 3.72. The molecule has 1 unspecified atom stereocenters. The Morgan fingerprint density at radius 2 is 1.93 bits per heavy atom. The highest BCUT2D eigenvalue weighted by atomic mass is 19.1. The van der Waals surface area contributed by atoms with E-state index in [1.165, 1.54) is 12.4 Å². The largest absolute Gasteiger partial charge is 0.335 e. The zero-order valence-corrected chi connectivity index (χ0v) is 15.8. The number of aromatic nitrogens is 4. The highest BCUT2D eigenvalue weighted by molar-refractivity contribution is 5.89. The average molecular weight is 400 g/mol. The number of urea groups is 1. The molecule has 1 aromatic carbocycles. The summed E-state index contributed by atoms with van der Waals surface area (Å²) in [6, 6.07) is 12.6. The number of hydrogen-bond acceptors (Lipinski definition) is 4. The summed E-state index contributed by atoms with van der Waals surface area (Å²) < 4.78 is 15.9. The van der Waals surface area contributed by atoms with Crippen LogP contribution in [0.25, 0.3) is 22.5 Å². The monoisotopic (exact) mass is 400 g/mol. The fraction of sp³-hybridized carbons (Fsp3) is 0.0909. The Morgan fingerprint density at radius 1 is 1.03 bits per heavy atom. The van der Waals surface area contributed by atoms with Crippen LogP contribution in [0.3, 0.4) is 0 Å². The predicted octanol–water partition coefficient (Wildman–Crippen LogP) is 3.87. The van der Waals surface area contributed by atoms with E-state index in [0.717, 1.165) is 23.0 Å². The van der Waals surface area contributed by atoms with E-state index in [4.69, 9.17) is 0 Å². The molecule has 3 aromatic heterocycles. The summed E-state index contributed by atoms with van der Waals surface area (Å²) in [6.45, 7) is 0.417. The smallest absolute Gasteiger partial charge is 0.319 e. The molecule has 7 nitrogen and oxygen atoms in total. The number of anilines is 1. The molecule has 0 spiro atoms. The average Bonchev–Trinajstić information content (AvgIpc) is 3.35. The molecule has 4 aromatic rings. The Hall–Kier alpha value is -4.07. The van der Waals surface area contributed by atoms with E-state index in [1.54, 1.807) is 24.5 Å². The lowest BCUT2D eigenvalue weighted by Gasteiger charge is -2.16. The topological polar surface area (TPSA) is 84.7 Å². The third-order valence-electron chi connectivity index (χ3n) is 5.12. The van der Waals surface area contributed by atoms with Crippen LogP contribution in [0.1, 0.15) is 11.6 Å². The normalized spacial score (nSPS) is 14.1. The lowest BCUT2D eigenvalue weighted by molar-refractivity contribution is 0.251. The fourth-order valence-electron chi connectivity index (χ4n) is 3.72. The highest BCUT2D eigenvalue weighted by Gasteiger charge is 2.28. The summed E-state index contributed by atoms with van der Waals surface area (Å²) in [7, 11) is 0. The van der Waals surface area contributed by atoms with E-state index in [9.17, 15) is 9.18 Å². The van der Waals surface area contributed by atoms with Gasteiger partial charge >= 0.3 is 6.03 Å². The maximum absolute atomic E-state index is 13.8. The van der Waals surface area contributed by atoms with Crippen LogP contribution in [-0.4, -0.2) is 32.1 Å². The first-order valence-electron chi connectivity index (χ1n) is 9.42. The second-order valence-electron chi connectivity index (χ2n) is 6.91. The van der Waals surface area contributed by atoms with Crippen LogP contribution in [-0.2, 0) is 0 Å². The van der Waals surface area contributed by atoms with E-state index in [-0.39, 0.29) is 12.1 Å². The van der Waals surface area contributed by atoms with Crippen molar-refractivity contribution in [3.63, 3.8) is 0 Å². The maximum atomic E-state index is 13.8. The van der Waals surface area contributed by atoms with Gasteiger partial charge < -0.3 is 15.2 Å². The van der Waals surface area contributed by atoms with Crippen LogP contribution in [0.5, 0.6) is 0 Å². The molecular weight excluding hydrogens is 383 g/mol.